The van der Waals surface area contributed by atoms with Crippen LogP contribution >= 0.6 is 0 Å². The molecule has 6 heteroatoms. The molecule has 0 radical (unpaired) electrons. The zero-order valence-electron chi connectivity index (χ0n) is 10.4. The van der Waals surface area contributed by atoms with Gasteiger partial charge in [-0.05, 0) is 26.0 Å². The molecule has 0 spiro atoms. The summed E-state index contributed by atoms with van der Waals surface area (Å²) in [6.07, 6.45) is -0.0111. The highest BCUT2D eigenvalue weighted by Crippen LogP contribution is 2.23. The number of rotatable bonds is 3. The van der Waals surface area contributed by atoms with Gasteiger partial charge in [-0.3, -0.25) is 4.79 Å². The Kier molecular flexibility index (Phi) is 3.03. The molecule has 0 saturated carbocycles. The monoisotopic (exact) mass is 226 g/mol. The Morgan fingerprint density at radius 2 is 1.88 bits per heavy atom. The summed E-state index contributed by atoms with van der Waals surface area (Å²) in [5.74, 6) is -0.401. The molecule has 0 atom stereocenters. The minimum atomic E-state index is -0.864. The van der Waals surface area contributed by atoms with Crippen LogP contribution in [0.4, 0.5) is 0 Å². The quantitative estimate of drug-likeness (QED) is 0.837. The van der Waals surface area contributed by atoms with Crippen molar-refractivity contribution in [3.63, 3.8) is 0 Å². The van der Waals surface area contributed by atoms with E-state index in [2.05, 4.69) is 15.4 Å². The molecule has 0 saturated heterocycles. The van der Waals surface area contributed by atoms with E-state index < -0.39 is 11.4 Å². The molecule has 6 nitrogen and oxygen atoms in total. The molecule has 1 rings (SSSR count). The number of carboxylic acid groups (broad SMARTS) is 1. The largest absolute Gasteiger partial charge is 0.481 e. The lowest BCUT2D eigenvalue weighted by molar-refractivity contribution is -0.138. The Bertz CT molecular complexity index is 390. The summed E-state index contributed by atoms with van der Waals surface area (Å²) in [6, 6.07) is 0. The molecule has 90 valence electrons. The molecule has 16 heavy (non-hydrogen) atoms. The van der Waals surface area contributed by atoms with Crippen molar-refractivity contribution in [2.24, 2.45) is 0 Å². The van der Waals surface area contributed by atoms with Crippen LogP contribution in [0.15, 0.2) is 0 Å². The second-order valence-corrected chi connectivity index (χ2v) is 5.53. The predicted molar refractivity (Wildman–Crippen MR) is 58.1 cm³/mol. The third-order valence-electron chi connectivity index (χ3n) is 2.21. The molecule has 0 aliphatic carbocycles. The number of tetrazole rings is 1. The number of hydrogen-bond donors (Lipinski definition) is 1. The maximum absolute atomic E-state index is 10.7. The Morgan fingerprint density at radius 1 is 1.31 bits per heavy atom. The van der Waals surface area contributed by atoms with Gasteiger partial charge in [-0.25, -0.2) is 0 Å². The maximum Gasteiger partial charge on any atom is 0.304 e. The van der Waals surface area contributed by atoms with Gasteiger partial charge in [-0.2, -0.15) is 4.80 Å². The topological polar surface area (TPSA) is 80.9 Å². The van der Waals surface area contributed by atoms with Crippen LogP contribution < -0.4 is 0 Å². The average Bonchev–Trinajstić information content (AvgIpc) is 2.47. The summed E-state index contributed by atoms with van der Waals surface area (Å²) >= 11 is 0. The van der Waals surface area contributed by atoms with Crippen LogP contribution in [0.5, 0.6) is 0 Å². The summed E-state index contributed by atoms with van der Waals surface area (Å²) in [6.45, 7) is 9.48. The van der Waals surface area contributed by atoms with E-state index in [1.165, 1.54) is 4.80 Å². The van der Waals surface area contributed by atoms with Gasteiger partial charge in [0.05, 0.1) is 12.0 Å². The summed E-state index contributed by atoms with van der Waals surface area (Å²) in [5, 5.41) is 20.9. The van der Waals surface area contributed by atoms with Crippen LogP contribution in [0.1, 0.15) is 46.9 Å². The maximum atomic E-state index is 10.7. The van der Waals surface area contributed by atoms with Crippen molar-refractivity contribution in [3.8, 4) is 0 Å². The van der Waals surface area contributed by atoms with Crippen molar-refractivity contribution in [1.29, 1.82) is 0 Å². The van der Waals surface area contributed by atoms with Gasteiger partial charge in [-0.15, -0.1) is 10.2 Å². The summed E-state index contributed by atoms with van der Waals surface area (Å²) in [7, 11) is 0. The molecular weight excluding hydrogens is 208 g/mol. The fourth-order valence-electron chi connectivity index (χ4n) is 1.23. The molecular formula is C10H18N4O2. The molecule has 1 aromatic rings. The van der Waals surface area contributed by atoms with Gasteiger partial charge in [0, 0.05) is 5.41 Å². The molecule has 0 aliphatic heterocycles. The number of aliphatic carboxylic acids is 1. The van der Waals surface area contributed by atoms with Gasteiger partial charge >= 0.3 is 5.97 Å². The molecule has 0 aliphatic rings. The number of carboxylic acids is 1. The van der Waals surface area contributed by atoms with Crippen molar-refractivity contribution in [2.75, 3.05) is 0 Å². The first-order valence-electron chi connectivity index (χ1n) is 5.16. The first-order valence-corrected chi connectivity index (χ1v) is 5.16. The lowest BCUT2D eigenvalue weighted by Gasteiger charge is -2.18. The molecule has 1 heterocycles. The predicted octanol–water partition coefficient (Wildman–Crippen LogP) is 1.18. The Morgan fingerprint density at radius 3 is 2.25 bits per heavy atom. The van der Waals surface area contributed by atoms with Crippen LogP contribution in [0.25, 0.3) is 0 Å². The van der Waals surface area contributed by atoms with Gasteiger partial charge in [0.15, 0.2) is 5.82 Å². The van der Waals surface area contributed by atoms with E-state index in [9.17, 15) is 4.79 Å². The lowest BCUT2D eigenvalue weighted by Crippen LogP contribution is -2.27. The van der Waals surface area contributed by atoms with Crippen LogP contribution in [0.2, 0.25) is 0 Å². The zero-order valence-corrected chi connectivity index (χ0v) is 10.4. The number of hydrogen-bond acceptors (Lipinski definition) is 4. The molecule has 1 N–H and O–H groups in total. The highest BCUT2D eigenvalue weighted by Gasteiger charge is 2.30. The zero-order chi connectivity index (χ0) is 12.6. The van der Waals surface area contributed by atoms with E-state index in [1.54, 1.807) is 13.8 Å². The first kappa shape index (κ1) is 12.6. The second kappa shape index (κ2) is 3.84. The minimum absolute atomic E-state index is 0.0111. The Hall–Kier alpha value is -1.46. The Labute approximate surface area is 94.7 Å². The van der Waals surface area contributed by atoms with E-state index in [0.717, 1.165) is 0 Å². The number of nitrogens with zero attached hydrogens (tertiary/aromatic N) is 4. The van der Waals surface area contributed by atoms with Gasteiger partial charge in [0.1, 0.15) is 0 Å². The van der Waals surface area contributed by atoms with Crippen LogP contribution in [0, 0.1) is 0 Å². The third-order valence-corrected chi connectivity index (χ3v) is 2.21. The second-order valence-electron chi connectivity index (χ2n) is 5.53. The van der Waals surface area contributed by atoms with E-state index in [0.29, 0.717) is 5.82 Å². The molecule has 0 amide bonds. The van der Waals surface area contributed by atoms with Crippen molar-refractivity contribution < 1.29 is 9.90 Å². The van der Waals surface area contributed by atoms with Gasteiger partial charge in [0.2, 0.25) is 0 Å². The normalized spacial score (nSPS) is 12.8. The summed E-state index contributed by atoms with van der Waals surface area (Å²) in [5.41, 5.74) is -0.847. The molecule has 0 unspecified atom stereocenters. The summed E-state index contributed by atoms with van der Waals surface area (Å²) in [4.78, 5) is 12.2. The van der Waals surface area contributed by atoms with Crippen molar-refractivity contribution in [2.45, 2.75) is 52.0 Å². The van der Waals surface area contributed by atoms with Gasteiger partial charge in [-0.1, -0.05) is 13.8 Å². The fraction of sp³-hybridized carbons (Fsp3) is 0.800. The van der Waals surface area contributed by atoms with Crippen molar-refractivity contribution in [1.82, 2.24) is 20.2 Å². The third kappa shape index (κ3) is 2.77. The SMILES string of the molecule is CC(C)(CC(=O)O)c1nnn(C(C)(C)C)n1. The van der Waals surface area contributed by atoms with Crippen LogP contribution in [-0.4, -0.2) is 31.3 Å². The average molecular weight is 226 g/mol. The highest BCUT2D eigenvalue weighted by molar-refractivity contribution is 5.68. The van der Waals surface area contributed by atoms with E-state index in [4.69, 9.17) is 5.11 Å². The summed E-state index contributed by atoms with van der Waals surface area (Å²) < 4.78 is 0. The fourth-order valence-corrected chi connectivity index (χ4v) is 1.23. The molecule has 1 aromatic heterocycles. The van der Waals surface area contributed by atoms with E-state index in [1.807, 2.05) is 20.8 Å². The van der Waals surface area contributed by atoms with Crippen LogP contribution in [-0.2, 0) is 15.7 Å². The smallest absolute Gasteiger partial charge is 0.304 e. The molecule has 0 aromatic carbocycles. The van der Waals surface area contributed by atoms with Gasteiger partial charge < -0.3 is 5.11 Å². The van der Waals surface area contributed by atoms with Gasteiger partial charge in [0.25, 0.3) is 0 Å². The molecule has 0 fully saturated rings. The number of carbonyl (C=O) groups is 1. The van der Waals surface area contributed by atoms with Crippen LogP contribution in [0.3, 0.4) is 0 Å². The Balaban J connectivity index is 2.97. The van der Waals surface area contributed by atoms with Crippen molar-refractivity contribution >= 4 is 5.97 Å². The number of aromatic nitrogens is 4. The highest BCUT2D eigenvalue weighted by atomic mass is 16.4. The lowest BCUT2D eigenvalue weighted by atomic mass is 9.89. The standard InChI is InChI=1S/C10H18N4O2/c1-9(2,3)14-12-8(11-13-14)10(4,5)6-7(15)16/h6H2,1-5H3,(H,15,16). The van der Waals surface area contributed by atoms with E-state index >= 15 is 0 Å². The van der Waals surface area contributed by atoms with Crippen molar-refractivity contribution in [3.05, 3.63) is 5.82 Å². The molecule has 0 bridgehead atoms. The minimum Gasteiger partial charge on any atom is -0.481 e. The first-order chi connectivity index (χ1) is 7.13. The van der Waals surface area contributed by atoms with E-state index in [-0.39, 0.29) is 12.0 Å².